The van der Waals surface area contributed by atoms with Crippen molar-refractivity contribution in [3.8, 4) is 5.88 Å². The van der Waals surface area contributed by atoms with Crippen LogP contribution in [0, 0.1) is 0 Å². The van der Waals surface area contributed by atoms with E-state index in [9.17, 15) is 0 Å². The summed E-state index contributed by atoms with van der Waals surface area (Å²) < 4.78 is 7.93. The zero-order valence-corrected chi connectivity index (χ0v) is 9.34. The van der Waals surface area contributed by atoms with Crippen LogP contribution in [-0.4, -0.2) is 16.7 Å². The number of imidazole rings is 1. The lowest BCUT2D eigenvalue weighted by molar-refractivity contribution is 0.307. The summed E-state index contributed by atoms with van der Waals surface area (Å²) in [4.78, 5) is 4.11. The molecule has 0 fully saturated rings. The van der Waals surface area contributed by atoms with Gasteiger partial charge in [-0.05, 0) is 36.7 Å². The molecular formula is C8H13BrN2O. The number of ether oxygens (including phenoxy) is 1. The second-order valence-corrected chi connectivity index (χ2v) is 4.34. The van der Waals surface area contributed by atoms with E-state index in [1.165, 1.54) is 0 Å². The number of aromatic nitrogens is 2. The fourth-order valence-corrected chi connectivity index (χ4v) is 1.42. The molecule has 1 aromatic rings. The molecule has 0 aliphatic carbocycles. The van der Waals surface area contributed by atoms with Gasteiger partial charge in [0.2, 0.25) is 5.88 Å². The van der Waals surface area contributed by atoms with E-state index in [4.69, 9.17) is 4.74 Å². The van der Waals surface area contributed by atoms with Gasteiger partial charge in [0, 0.05) is 5.54 Å². The molecule has 1 heterocycles. The molecule has 0 aromatic carbocycles. The molecule has 0 unspecified atom stereocenters. The quantitative estimate of drug-likeness (QED) is 0.744. The smallest absolute Gasteiger partial charge is 0.228 e. The van der Waals surface area contributed by atoms with Crippen LogP contribution in [0.25, 0.3) is 0 Å². The summed E-state index contributed by atoms with van der Waals surface area (Å²) in [5.74, 6) is 0.766. The van der Waals surface area contributed by atoms with Crippen molar-refractivity contribution in [1.82, 2.24) is 9.55 Å². The predicted octanol–water partition coefficient (Wildman–Crippen LogP) is 2.41. The minimum Gasteiger partial charge on any atom is -0.480 e. The summed E-state index contributed by atoms with van der Waals surface area (Å²) in [6, 6.07) is 0. The molecule has 0 bridgehead atoms. The zero-order valence-electron chi connectivity index (χ0n) is 7.76. The summed E-state index contributed by atoms with van der Waals surface area (Å²) >= 11 is 3.31. The number of rotatable bonds is 1. The average molecular weight is 233 g/mol. The summed E-state index contributed by atoms with van der Waals surface area (Å²) in [6.45, 7) is 6.30. The van der Waals surface area contributed by atoms with Crippen molar-refractivity contribution >= 4 is 15.9 Å². The maximum atomic E-state index is 5.20. The van der Waals surface area contributed by atoms with Gasteiger partial charge >= 0.3 is 0 Å². The minimum atomic E-state index is 0.00433. The molecule has 12 heavy (non-hydrogen) atoms. The molecule has 3 nitrogen and oxygen atoms in total. The van der Waals surface area contributed by atoms with Gasteiger partial charge in [0.05, 0.1) is 13.4 Å². The van der Waals surface area contributed by atoms with Gasteiger partial charge in [-0.25, -0.2) is 4.98 Å². The molecule has 0 radical (unpaired) electrons. The Hall–Kier alpha value is -0.510. The Morgan fingerprint density at radius 1 is 1.50 bits per heavy atom. The van der Waals surface area contributed by atoms with Crippen molar-refractivity contribution in [1.29, 1.82) is 0 Å². The van der Waals surface area contributed by atoms with E-state index >= 15 is 0 Å². The Morgan fingerprint density at radius 2 is 2.08 bits per heavy atom. The van der Waals surface area contributed by atoms with Crippen molar-refractivity contribution in [3.63, 3.8) is 0 Å². The maximum absolute atomic E-state index is 5.20. The maximum Gasteiger partial charge on any atom is 0.228 e. The molecule has 4 heteroatoms. The van der Waals surface area contributed by atoms with E-state index in [1.807, 2.05) is 4.57 Å². The van der Waals surface area contributed by atoms with E-state index < -0.39 is 0 Å². The van der Waals surface area contributed by atoms with Crippen LogP contribution >= 0.6 is 15.9 Å². The molecule has 68 valence electrons. The normalized spacial score (nSPS) is 11.8. The fourth-order valence-electron chi connectivity index (χ4n) is 0.976. The lowest BCUT2D eigenvalue weighted by Gasteiger charge is -2.22. The summed E-state index contributed by atoms with van der Waals surface area (Å²) in [6.07, 6.45) is 1.77. The third-order valence-corrected chi connectivity index (χ3v) is 2.14. The van der Waals surface area contributed by atoms with Crippen LogP contribution in [-0.2, 0) is 5.54 Å². The molecular weight excluding hydrogens is 220 g/mol. The third-order valence-electron chi connectivity index (χ3n) is 1.60. The highest BCUT2D eigenvalue weighted by Crippen LogP contribution is 2.28. The standard InChI is InChI=1S/C8H13BrN2O/c1-8(2,3)11-5-10-6(9)7(11)12-4/h5H,1-4H3. The lowest BCUT2D eigenvalue weighted by atomic mass is 10.1. The highest BCUT2D eigenvalue weighted by atomic mass is 79.9. The first-order valence-electron chi connectivity index (χ1n) is 3.74. The van der Waals surface area contributed by atoms with E-state index in [2.05, 4.69) is 41.7 Å². The molecule has 0 aliphatic rings. The van der Waals surface area contributed by atoms with Crippen LogP contribution in [0.3, 0.4) is 0 Å². The van der Waals surface area contributed by atoms with Gasteiger partial charge in [0.25, 0.3) is 0 Å². The SMILES string of the molecule is COc1c(Br)ncn1C(C)(C)C. The Kier molecular flexibility index (Phi) is 2.46. The van der Waals surface area contributed by atoms with Gasteiger partial charge in [0.1, 0.15) is 0 Å². The van der Waals surface area contributed by atoms with E-state index in [-0.39, 0.29) is 5.54 Å². The largest absolute Gasteiger partial charge is 0.480 e. The van der Waals surface area contributed by atoms with Gasteiger partial charge in [-0.1, -0.05) is 0 Å². The lowest BCUT2D eigenvalue weighted by Crippen LogP contribution is -2.21. The number of nitrogens with zero attached hydrogens (tertiary/aromatic N) is 2. The number of hydrogen-bond donors (Lipinski definition) is 0. The van der Waals surface area contributed by atoms with Crippen molar-refractivity contribution in [2.75, 3.05) is 7.11 Å². The topological polar surface area (TPSA) is 27.1 Å². The number of halogens is 1. The van der Waals surface area contributed by atoms with Crippen LogP contribution in [0.15, 0.2) is 10.9 Å². The van der Waals surface area contributed by atoms with E-state index in [0.717, 1.165) is 10.5 Å². The van der Waals surface area contributed by atoms with Gasteiger partial charge < -0.3 is 4.74 Å². The molecule has 0 amide bonds. The van der Waals surface area contributed by atoms with Crippen LogP contribution in [0.5, 0.6) is 5.88 Å². The van der Waals surface area contributed by atoms with Crippen LogP contribution < -0.4 is 4.74 Å². The van der Waals surface area contributed by atoms with E-state index in [1.54, 1.807) is 13.4 Å². The molecule has 1 aromatic heterocycles. The fraction of sp³-hybridized carbons (Fsp3) is 0.625. The Labute approximate surface area is 80.9 Å². The zero-order chi connectivity index (χ0) is 9.35. The first kappa shape index (κ1) is 9.58. The second kappa shape index (κ2) is 3.09. The summed E-state index contributed by atoms with van der Waals surface area (Å²) in [5, 5.41) is 0. The van der Waals surface area contributed by atoms with E-state index in [0.29, 0.717) is 0 Å². The molecule has 1 rings (SSSR count). The minimum absolute atomic E-state index is 0.00433. The average Bonchev–Trinajstić information content (AvgIpc) is 2.29. The second-order valence-electron chi connectivity index (χ2n) is 3.59. The van der Waals surface area contributed by atoms with Crippen LogP contribution in [0.1, 0.15) is 20.8 Å². The highest BCUT2D eigenvalue weighted by Gasteiger charge is 2.19. The molecule has 0 spiro atoms. The first-order valence-corrected chi connectivity index (χ1v) is 4.53. The van der Waals surface area contributed by atoms with Gasteiger partial charge in [-0.2, -0.15) is 0 Å². The van der Waals surface area contributed by atoms with Gasteiger partial charge in [-0.3, -0.25) is 4.57 Å². The van der Waals surface area contributed by atoms with Crippen LogP contribution in [0.2, 0.25) is 0 Å². The molecule has 0 aliphatic heterocycles. The van der Waals surface area contributed by atoms with Gasteiger partial charge in [-0.15, -0.1) is 0 Å². The Bertz CT molecular complexity index is 275. The predicted molar refractivity (Wildman–Crippen MR) is 51.5 cm³/mol. The van der Waals surface area contributed by atoms with Crippen molar-refractivity contribution < 1.29 is 4.74 Å². The van der Waals surface area contributed by atoms with Crippen LogP contribution in [0.4, 0.5) is 0 Å². The molecule has 0 saturated heterocycles. The number of hydrogen-bond acceptors (Lipinski definition) is 2. The van der Waals surface area contributed by atoms with Gasteiger partial charge in [0.15, 0.2) is 4.60 Å². The first-order chi connectivity index (χ1) is 5.46. The monoisotopic (exact) mass is 232 g/mol. The highest BCUT2D eigenvalue weighted by molar-refractivity contribution is 9.10. The summed E-state index contributed by atoms with van der Waals surface area (Å²) in [7, 11) is 1.64. The molecule has 0 atom stereocenters. The molecule has 0 N–H and O–H groups in total. The van der Waals surface area contributed by atoms with Crippen molar-refractivity contribution in [2.24, 2.45) is 0 Å². The summed E-state index contributed by atoms with van der Waals surface area (Å²) in [5.41, 5.74) is 0.00433. The third kappa shape index (κ3) is 1.63. The van der Waals surface area contributed by atoms with Crippen molar-refractivity contribution in [2.45, 2.75) is 26.3 Å². The number of methoxy groups -OCH3 is 1. The Balaban J connectivity index is 3.16. The van der Waals surface area contributed by atoms with Crippen molar-refractivity contribution in [3.05, 3.63) is 10.9 Å². The Morgan fingerprint density at radius 3 is 2.42 bits per heavy atom. The molecule has 0 saturated carbocycles.